The summed E-state index contributed by atoms with van der Waals surface area (Å²) >= 11 is 0. The van der Waals surface area contributed by atoms with Crippen molar-refractivity contribution >= 4 is 5.91 Å². The topological polar surface area (TPSA) is 47.3 Å². The van der Waals surface area contributed by atoms with Crippen LogP contribution in [0, 0.1) is 11.3 Å². The van der Waals surface area contributed by atoms with Crippen LogP contribution in [-0.2, 0) is 6.54 Å². The van der Waals surface area contributed by atoms with Gasteiger partial charge in [0.1, 0.15) is 5.54 Å². The summed E-state index contributed by atoms with van der Waals surface area (Å²) in [7, 11) is 1.76. The molecule has 4 heteroatoms. The van der Waals surface area contributed by atoms with Gasteiger partial charge in [0, 0.05) is 32.2 Å². The predicted octanol–water partition coefficient (Wildman–Crippen LogP) is 3.32. The second-order valence-electron chi connectivity index (χ2n) is 6.64. The summed E-state index contributed by atoms with van der Waals surface area (Å²) in [4.78, 5) is 16.7. The quantitative estimate of drug-likeness (QED) is 0.862. The Morgan fingerprint density at radius 3 is 2.20 bits per heavy atom. The van der Waals surface area contributed by atoms with Crippen molar-refractivity contribution in [3.05, 3.63) is 71.8 Å². The van der Waals surface area contributed by atoms with Crippen molar-refractivity contribution in [1.29, 1.82) is 5.26 Å². The lowest BCUT2D eigenvalue weighted by atomic mass is 9.86. The lowest BCUT2D eigenvalue weighted by Crippen LogP contribution is -2.55. The molecule has 25 heavy (non-hydrogen) atoms. The molecule has 1 saturated heterocycles. The zero-order valence-electron chi connectivity index (χ0n) is 14.6. The van der Waals surface area contributed by atoms with E-state index < -0.39 is 5.54 Å². The number of hydrogen-bond acceptors (Lipinski definition) is 3. The van der Waals surface area contributed by atoms with Gasteiger partial charge in [-0.2, -0.15) is 5.26 Å². The highest BCUT2D eigenvalue weighted by Gasteiger charge is 2.41. The predicted molar refractivity (Wildman–Crippen MR) is 97.8 cm³/mol. The van der Waals surface area contributed by atoms with Gasteiger partial charge in [-0.1, -0.05) is 48.5 Å². The van der Waals surface area contributed by atoms with Crippen molar-refractivity contribution in [3.63, 3.8) is 0 Å². The van der Waals surface area contributed by atoms with Crippen LogP contribution in [0.25, 0.3) is 0 Å². The molecule has 0 atom stereocenters. The summed E-state index contributed by atoms with van der Waals surface area (Å²) in [6, 6.07) is 22.0. The summed E-state index contributed by atoms with van der Waals surface area (Å²) in [5, 5.41) is 9.82. The molecule has 2 aromatic rings. The first kappa shape index (κ1) is 17.2. The third kappa shape index (κ3) is 3.72. The average Bonchev–Trinajstić information content (AvgIpc) is 2.69. The largest absolute Gasteiger partial charge is 0.323 e. The van der Waals surface area contributed by atoms with E-state index in [0.717, 1.165) is 19.6 Å². The standard InChI is InChI=1S/C21H23N3O/c1-23(20(25)19-10-6-3-7-11-19)21(17-22)12-14-24(15-13-21)16-18-8-4-2-5-9-18/h2-11H,12-16H2,1H3. The number of carbonyl (C=O) groups is 1. The molecule has 128 valence electrons. The molecule has 1 aliphatic rings. The van der Waals surface area contributed by atoms with E-state index in [4.69, 9.17) is 0 Å². The molecule has 1 heterocycles. The summed E-state index contributed by atoms with van der Waals surface area (Å²) in [6.45, 7) is 2.52. The van der Waals surface area contributed by atoms with Crippen LogP contribution in [0.4, 0.5) is 0 Å². The Morgan fingerprint density at radius 2 is 1.64 bits per heavy atom. The van der Waals surface area contributed by atoms with E-state index in [-0.39, 0.29) is 5.91 Å². The van der Waals surface area contributed by atoms with Crippen LogP contribution in [-0.4, -0.2) is 41.4 Å². The molecule has 1 fully saturated rings. The maximum Gasteiger partial charge on any atom is 0.254 e. The van der Waals surface area contributed by atoms with Crippen molar-refractivity contribution in [2.75, 3.05) is 20.1 Å². The molecule has 1 amide bonds. The van der Waals surface area contributed by atoms with Gasteiger partial charge in [-0.15, -0.1) is 0 Å². The van der Waals surface area contributed by atoms with Crippen LogP contribution < -0.4 is 0 Å². The number of carbonyl (C=O) groups excluding carboxylic acids is 1. The fraction of sp³-hybridized carbons (Fsp3) is 0.333. The van der Waals surface area contributed by atoms with Crippen molar-refractivity contribution in [1.82, 2.24) is 9.80 Å². The number of hydrogen-bond donors (Lipinski definition) is 0. The Bertz CT molecular complexity index is 744. The molecule has 0 aliphatic carbocycles. The summed E-state index contributed by atoms with van der Waals surface area (Å²) < 4.78 is 0. The van der Waals surface area contributed by atoms with Crippen molar-refractivity contribution in [2.24, 2.45) is 0 Å². The van der Waals surface area contributed by atoms with Crippen LogP contribution in [0.15, 0.2) is 60.7 Å². The number of benzene rings is 2. The van der Waals surface area contributed by atoms with Gasteiger partial charge >= 0.3 is 0 Å². The van der Waals surface area contributed by atoms with Gasteiger partial charge in [-0.3, -0.25) is 9.69 Å². The third-order valence-electron chi connectivity index (χ3n) is 5.11. The number of likely N-dealkylation sites (tertiary alicyclic amines) is 1. The van der Waals surface area contributed by atoms with E-state index in [1.54, 1.807) is 24.1 Å². The highest BCUT2D eigenvalue weighted by Crippen LogP contribution is 2.29. The van der Waals surface area contributed by atoms with Gasteiger partial charge in [0.05, 0.1) is 6.07 Å². The van der Waals surface area contributed by atoms with Gasteiger partial charge in [0.25, 0.3) is 5.91 Å². The minimum Gasteiger partial charge on any atom is -0.323 e. The SMILES string of the molecule is CN(C(=O)c1ccccc1)C1(C#N)CCN(Cc2ccccc2)CC1. The molecule has 0 saturated carbocycles. The molecule has 0 aromatic heterocycles. The zero-order chi connectivity index (χ0) is 17.7. The molecule has 0 unspecified atom stereocenters. The second kappa shape index (κ2) is 7.50. The number of amides is 1. The maximum absolute atomic E-state index is 12.7. The summed E-state index contributed by atoms with van der Waals surface area (Å²) in [5.41, 5.74) is 1.19. The fourth-order valence-corrected chi connectivity index (χ4v) is 3.41. The Labute approximate surface area is 149 Å². The van der Waals surface area contributed by atoms with E-state index in [0.29, 0.717) is 18.4 Å². The molecule has 3 rings (SSSR count). The van der Waals surface area contributed by atoms with E-state index >= 15 is 0 Å². The van der Waals surface area contributed by atoms with Gasteiger partial charge in [0.2, 0.25) is 0 Å². The molecular formula is C21H23N3O. The van der Waals surface area contributed by atoms with Gasteiger partial charge in [0.15, 0.2) is 0 Å². The smallest absolute Gasteiger partial charge is 0.254 e. The Morgan fingerprint density at radius 1 is 1.08 bits per heavy atom. The van der Waals surface area contributed by atoms with Crippen LogP contribution in [0.5, 0.6) is 0 Å². The number of piperidine rings is 1. The summed E-state index contributed by atoms with van der Waals surface area (Å²) in [5.74, 6) is -0.0846. The number of rotatable bonds is 4. The fourth-order valence-electron chi connectivity index (χ4n) is 3.41. The Kier molecular flexibility index (Phi) is 5.16. The van der Waals surface area contributed by atoms with Crippen LogP contribution in [0.2, 0.25) is 0 Å². The molecule has 1 aliphatic heterocycles. The van der Waals surface area contributed by atoms with Crippen molar-refractivity contribution < 1.29 is 4.79 Å². The Hall–Kier alpha value is -2.64. The zero-order valence-corrected chi connectivity index (χ0v) is 14.6. The van der Waals surface area contributed by atoms with Crippen LogP contribution in [0.1, 0.15) is 28.8 Å². The van der Waals surface area contributed by atoms with Gasteiger partial charge in [-0.25, -0.2) is 0 Å². The lowest BCUT2D eigenvalue weighted by molar-refractivity contribution is 0.0480. The minimum absolute atomic E-state index is 0.0846. The van der Waals surface area contributed by atoms with E-state index in [1.165, 1.54) is 5.56 Å². The molecule has 2 aromatic carbocycles. The Balaban J connectivity index is 1.67. The van der Waals surface area contributed by atoms with Crippen LogP contribution >= 0.6 is 0 Å². The van der Waals surface area contributed by atoms with Crippen molar-refractivity contribution in [3.8, 4) is 6.07 Å². The first-order valence-electron chi connectivity index (χ1n) is 8.65. The summed E-state index contributed by atoms with van der Waals surface area (Å²) in [6.07, 6.45) is 1.34. The van der Waals surface area contributed by atoms with E-state index in [2.05, 4.69) is 23.1 Å². The van der Waals surface area contributed by atoms with Gasteiger partial charge in [-0.05, 0) is 30.5 Å². The molecular weight excluding hydrogens is 310 g/mol. The molecule has 0 spiro atoms. The van der Waals surface area contributed by atoms with Gasteiger partial charge < -0.3 is 4.90 Å². The van der Waals surface area contributed by atoms with Crippen LogP contribution in [0.3, 0.4) is 0 Å². The molecule has 0 N–H and O–H groups in total. The van der Waals surface area contributed by atoms with Crippen molar-refractivity contribution in [2.45, 2.75) is 24.9 Å². The second-order valence-corrected chi connectivity index (χ2v) is 6.64. The minimum atomic E-state index is -0.722. The average molecular weight is 333 g/mol. The molecule has 4 nitrogen and oxygen atoms in total. The van der Waals surface area contributed by atoms with E-state index in [1.807, 2.05) is 36.4 Å². The first-order valence-corrected chi connectivity index (χ1v) is 8.65. The first-order chi connectivity index (χ1) is 12.1. The highest BCUT2D eigenvalue weighted by molar-refractivity contribution is 5.94. The lowest BCUT2D eigenvalue weighted by Gasteiger charge is -2.42. The molecule has 0 bridgehead atoms. The third-order valence-corrected chi connectivity index (χ3v) is 5.11. The number of nitrogens with zero attached hydrogens (tertiary/aromatic N) is 3. The highest BCUT2D eigenvalue weighted by atomic mass is 16.2. The maximum atomic E-state index is 12.7. The normalized spacial score (nSPS) is 16.8. The van der Waals surface area contributed by atoms with E-state index in [9.17, 15) is 10.1 Å². The molecule has 0 radical (unpaired) electrons. The number of nitriles is 1. The monoisotopic (exact) mass is 333 g/mol.